The Morgan fingerprint density at radius 1 is 1.33 bits per heavy atom. The average molecular weight is 437 g/mol. The number of aliphatic hydroxyl groups is 1. The number of halogens is 1. The Morgan fingerprint density at radius 3 is 2.56 bits per heavy atom. The van der Waals surface area contributed by atoms with Crippen molar-refractivity contribution in [1.82, 2.24) is 4.90 Å². The third-order valence-corrected chi connectivity index (χ3v) is 5.55. The van der Waals surface area contributed by atoms with Crippen LogP contribution in [0.15, 0.2) is 33.7 Å². The van der Waals surface area contributed by atoms with E-state index in [-0.39, 0.29) is 12.5 Å². The number of likely N-dealkylation sites (tertiary alicyclic amines) is 1. The highest BCUT2D eigenvalue weighted by molar-refractivity contribution is 9.10. The van der Waals surface area contributed by atoms with Gasteiger partial charge in [-0.3, -0.25) is 9.69 Å². The highest BCUT2D eigenvalue weighted by atomic mass is 79.9. The molecule has 1 fully saturated rings. The molecular formula is C20H25BrN2O4. The van der Waals surface area contributed by atoms with E-state index in [2.05, 4.69) is 20.9 Å². The van der Waals surface area contributed by atoms with E-state index in [9.17, 15) is 14.7 Å². The molecule has 0 bridgehead atoms. The Bertz CT molecular complexity index is 784. The molecule has 2 amide bonds. The maximum Gasteiger partial charge on any atom is 0.410 e. The van der Waals surface area contributed by atoms with Gasteiger partial charge in [-0.1, -0.05) is 28.1 Å². The van der Waals surface area contributed by atoms with Crippen molar-refractivity contribution in [1.29, 1.82) is 0 Å². The molecular weight excluding hydrogens is 412 g/mol. The molecule has 2 aliphatic rings. The third-order valence-electron chi connectivity index (χ3n) is 5.02. The lowest BCUT2D eigenvalue weighted by Gasteiger charge is -2.29. The van der Waals surface area contributed by atoms with Crippen LogP contribution in [0.4, 0.5) is 4.79 Å². The molecule has 6 nitrogen and oxygen atoms in total. The van der Waals surface area contributed by atoms with E-state index in [0.717, 1.165) is 10.0 Å². The first kappa shape index (κ1) is 20.0. The molecule has 1 aromatic carbocycles. The largest absolute Gasteiger partial charge is 0.444 e. The highest BCUT2D eigenvalue weighted by Crippen LogP contribution is 2.38. The number of amides is 2. The molecule has 1 unspecified atom stereocenters. The highest BCUT2D eigenvalue weighted by Gasteiger charge is 2.47. The molecule has 0 aliphatic carbocycles. The summed E-state index contributed by atoms with van der Waals surface area (Å²) in [5.74, 6) is -0.217. The van der Waals surface area contributed by atoms with Crippen molar-refractivity contribution in [3.8, 4) is 0 Å². The molecule has 3 rings (SSSR count). The van der Waals surface area contributed by atoms with Crippen molar-refractivity contribution >= 4 is 33.6 Å². The number of hydrogen-bond acceptors (Lipinski definition) is 4. The maximum absolute atomic E-state index is 12.7. The molecule has 0 aromatic heterocycles. The Hall–Kier alpha value is -1.73. The second-order valence-electron chi connectivity index (χ2n) is 8.46. The minimum absolute atomic E-state index is 0.182. The molecule has 1 N–H and O–H groups in total. The Balaban J connectivity index is 1.83. The van der Waals surface area contributed by atoms with Crippen molar-refractivity contribution in [2.75, 3.05) is 6.54 Å². The zero-order chi connectivity index (χ0) is 20.0. The number of rotatable bonds is 2. The third kappa shape index (κ3) is 4.09. The summed E-state index contributed by atoms with van der Waals surface area (Å²) >= 11 is 3.41. The van der Waals surface area contributed by atoms with E-state index >= 15 is 0 Å². The van der Waals surface area contributed by atoms with Gasteiger partial charge in [-0.15, -0.1) is 0 Å². The lowest BCUT2D eigenvalue weighted by molar-refractivity contribution is -0.121. The summed E-state index contributed by atoms with van der Waals surface area (Å²) in [4.78, 5) is 31.1. The van der Waals surface area contributed by atoms with Crippen molar-refractivity contribution in [3.05, 3.63) is 34.3 Å². The van der Waals surface area contributed by atoms with Gasteiger partial charge in [-0.25, -0.2) is 9.79 Å². The first-order valence-corrected chi connectivity index (χ1v) is 9.84. The van der Waals surface area contributed by atoms with Crippen LogP contribution in [-0.4, -0.2) is 52.0 Å². The van der Waals surface area contributed by atoms with Crippen LogP contribution in [0.1, 0.15) is 46.1 Å². The topological polar surface area (TPSA) is 79.2 Å². The van der Waals surface area contributed by atoms with Crippen molar-refractivity contribution in [2.24, 2.45) is 4.99 Å². The number of nitrogens with zero attached hydrogens (tertiary/aromatic N) is 2. The summed E-state index contributed by atoms with van der Waals surface area (Å²) in [5, 5.41) is 10.1. The fraction of sp³-hybridized carbons (Fsp3) is 0.550. The van der Waals surface area contributed by atoms with Gasteiger partial charge in [0.25, 0.3) is 5.91 Å². The van der Waals surface area contributed by atoms with E-state index in [1.807, 2.05) is 31.2 Å². The van der Waals surface area contributed by atoms with Crippen LogP contribution in [0, 0.1) is 0 Å². The van der Waals surface area contributed by atoms with Crippen LogP contribution in [0.25, 0.3) is 0 Å². The molecule has 3 atom stereocenters. The summed E-state index contributed by atoms with van der Waals surface area (Å²) < 4.78 is 6.41. The molecule has 2 heterocycles. The lowest BCUT2D eigenvalue weighted by Crippen LogP contribution is -2.43. The van der Waals surface area contributed by atoms with Gasteiger partial charge in [0.05, 0.1) is 24.1 Å². The quantitative estimate of drug-likeness (QED) is 0.769. The van der Waals surface area contributed by atoms with Gasteiger partial charge in [0.15, 0.2) is 0 Å². The Labute approximate surface area is 167 Å². The van der Waals surface area contributed by atoms with E-state index in [1.54, 1.807) is 20.8 Å². The van der Waals surface area contributed by atoms with Gasteiger partial charge in [-0.2, -0.15) is 0 Å². The predicted octanol–water partition coefficient (Wildman–Crippen LogP) is 3.45. The van der Waals surface area contributed by atoms with Crippen LogP contribution >= 0.6 is 15.9 Å². The molecule has 1 saturated heterocycles. The van der Waals surface area contributed by atoms with Crippen LogP contribution in [0.2, 0.25) is 0 Å². The van der Waals surface area contributed by atoms with Gasteiger partial charge in [0, 0.05) is 23.0 Å². The monoisotopic (exact) mass is 436 g/mol. The molecule has 27 heavy (non-hydrogen) atoms. The number of carbonyl (C=O) groups is 2. The number of benzene rings is 1. The SMILES string of the molecule is CC(C)(C)OC(=O)N1C[C@H](O)CC1C1=NC(=O)[C@](C)(c2ccc(Br)cc2)C1. The number of β-amino-alcohol motifs (C(OH)–C–C–N with tert-alkyl or cyclic N) is 1. The van der Waals surface area contributed by atoms with E-state index in [1.165, 1.54) is 4.90 Å². The van der Waals surface area contributed by atoms with Gasteiger partial charge < -0.3 is 9.84 Å². The molecule has 7 heteroatoms. The smallest absolute Gasteiger partial charge is 0.410 e. The number of aliphatic hydroxyl groups excluding tert-OH is 1. The summed E-state index contributed by atoms with van der Waals surface area (Å²) in [6.07, 6.45) is -0.359. The number of hydrogen-bond donors (Lipinski definition) is 1. The molecule has 2 aliphatic heterocycles. The van der Waals surface area contributed by atoms with Crippen LogP contribution in [0.3, 0.4) is 0 Å². The van der Waals surface area contributed by atoms with E-state index < -0.39 is 29.3 Å². The second kappa shape index (κ2) is 7.02. The fourth-order valence-electron chi connectivity index (χ4n) is 3.62. The predicted molar refractivity (Wildman–Crippen MR) is 106 cm³/mol. The minimum atomic E-state index is -0.761. The van der Waals surface area contributed by atoms with Gasteiger partial charge in [-0.05, 0) is 45.4 Å². The van der Waals surface area contributed by atoms with Gasteiger partial charge >= 0.3 is 6.09 Å². The fourth-order valence-corrected chi connectivity index (χ4v) is 3.88. The van der Waals surface area contributed by atoms with E-state index in [0.29, 0.717) is 18.6 Å². The standard InChI is InChI=1S/C20H25BrN2O4/c1-19(2,3)27-18(26)23-11-14(24)9-16(23)15-10-20(4,17(25)22-15)12-5-7-13(21)8-6-12/h5-8,14,16,24H,9-11H2,1-4H3/t14-,16?,20+/m1/s1. The number of aliphatic imine (C=N–C) groups is 1. The summed E-state index contributed by atoms with van der Waals surface area (Å²) in [7, 11) is 0. The number of carbonyl (C=O) groups excluding carboxylic acids is 2. The average Bonchev–Trinajstić information content (AvgIpc) is 3.08. The van der Waals surface area contributed by atoms with Crippen LogP contribution in [-0.2, 0) is 14.9 Å². The van der Waals surface area contributed by atoms with E-state index in [4.69, 9.17) is 4.74 Å². The second-order valence-corrected chi connectivity index (χ2v) is 9.38. The van der Waals surface area contributed by atoms with Crippen molar-refractivity contribution in [3.63, 3.8) is 0 Å². The van der Waals surface area contributed by atoms with Gasteiger partial charge in [0.1, 0.15) is 5.60 Å². The van der Waals surface area contributed by atoms with Crippen molar-refractivity contribution in [2.45, 2.75) is 63.7 Å². The Morgan fingerprint density at radius 2 is 1.96 bits per heavy atom. The van der Waals surface area contributed by atoms with Crippen LogP contribution in [0.5, 0.6) is 0 Å². The normalized spacial score (nSPS) is 28.4. The molecule has 1 aromatic rings. The molecule has 0 radical (unpaired) electrons. The minimum Gasteiger partial charge on any atom is -0.444 e. The summed E-state index contributed by atoms with van der Waals surface area (Å²) in [6, 6.07) is 7.21. The van der Waals surface area contributed by atoms with Crippen molar-refractivity contribution < 1.29 is 19.4 Å². The zero-order valence-corrected chi connectivity index (χ0v) is 17.6. The van der Waals surface area contributed by atoms with Crippen LogP contribution < -0.4 is 0 Å². The first-order chi connectivity index (χ1) is 12.5. The maximum atomic E-state index is 12.7. The zero-order valence-electron chi connectivity index (χ0n) is 16.0. The molecule has 0 saturated carbocycles. The first-order valence-electron chi connectivity index (χ1n) is 9.05. The summed E-state index contributed by atoms with van der Waals surface area (Å²) in [6.45, 7) is 7.45. The Kier molecular flexibility index (Phi) is 5.20. The molecule has 146 valence electrons. The number of ether oxygens (including phenoxy) is 1. The summed E-state index contributed by atoms with van der Waals surface area (Å²) in [5.41, 5.74) is 0.127. The molecule has 0 spiro atoms. The lowest BCUT2D eigenvalue weighted by atomic mass is 9.78. The van der Waals surface area contributed by atoms with Gasteiger partial charge in [0.2, 0.25) is 0 Å².